The molecule has 2 amide bonds. The molecule has 1 atom stereocenters. The van der Waals surface area contributed by atoms with Crippen molar-refractivity contribution in [3.05, 3.63) is 64.1 Å². The van der Waals surface area contributed by atoms with Crippen LogP contribution >= 0.6 is 15.9 Å². The number of nitrogens with zero attached hydrogens (tertiary/aromatic N) is 1. The molecule has 0 fully saturated rings. The van der Waals surface area contributed by atoms with Gasteiger partial charge in [-0.3, -0.25) is 14.4 Å². The van der Waals surface area contributed by atoms with E-state index >= 15 is 0 Å². The number of hydrogen-bond donors (Lipinski definition) is 1. The molecule has 6 nitrogen and oxygen atoms in total. The summed E-state index contributed by atoms with van der Waals surface area (Å²) in [5.41, 5.74) is 2.39. The minimum absolute atomic E-state index is 0.0192. The maximum atomic E-state index is 12.5. The molecule has 0 spiro atoms. The normalized spacial score (nSPS) is 15.2. The van der Waals surface area contributed by atoms with Crippen molar-refractivity contribution in [2.75, 3.05) is 18.1 Å². The maximum absolute atomic E-state index is 12.5. The van der Waals surface area contributed by atoms with Crippen LogP contribution in [0.5, 0.6) is 0 Å². The van der Waals surface area contributed by atoms with E-state index in [0.717, 1.165) is 22.1 Å². The number of para-hydroxylation sites is 1. The van der Waals surface area contributed by atoms with Crippen LogP contribution < -0.4 is 10.2 Å². The second kappa shape index (κ2) is 8.35. The fourth-order valence-corrected chi connectivity index (χ4v) is 3.33. The number of halogens is 1. The summed E-state index contributed by atoms with van der Waals surface area (Å²) in [6, 6.07) is 14.5. The van der Waals surface area contributed by atoms with E-state index in [4.69, 9.17) is 4.74 Å². The van der Waals surface area contributed by atoms with Gasteiger partial charge in [0, 0.05) is 21.8 Å². The van der Waals surface area contributed by atoms with E-state index in [1.807, 2.05) is 31.2 Å². The van der Waals surface area contributed by atoms with Gasteiger partial charge in [-0.2, -0.15) is 0 Å². The van der Waals surface area contributed by atoms with E-state index in [9.17, 15) is 14.4 Å². The topological polar surface area (TPSA) is 75.7 Å². The SMILES string of the molecule is C[C@@H]1Cc2ccccc2N1C(=O)COC(=O)CNC(=O)c1ccc(Br)cc1. The fraction of sp³-hybridized carbons (Fsp3) is 0.250. The van der Waals surface area contributed by atoms with Crippen molar-refractivity contribution < 1.29 is 19.1 Å². The van der Waals surface area contributed by atoms with Crippen LogP contribution in [0.3, 0.4) is 0 Å². The van der Waals surface area contributed by atoms with Gasteiger partial charge in [0.25, 0.3) is 11.8 Å². The number of anilines is 1. The largest absolute Gasteiger partial charge is 0.454 e. The predicted molar refractivity (Wildman–Crippen MR) is 105 cm³/mol. The van der Waals surface area contributed by atoms with Gasteiger partial charge in [0.05, 0.1) is 0 Å². The lowest BCUT2D eigenvalue weighted by Crippen LogP contribution is -2.39. The molecule has 3 rings (SSSR count). The zero-order chi connectivity index (χ0) is 19.4. The highest BCUT2D eigenvalue weighted by atomic mass is 79.9. The molecule has 1 aliphatic rings. The van der Waals surface area contributed by atoms with Crippen LogP contribution in [0, 0.1) is 0 Å². The first-order valence-corrected chi connectivity index (χ1v) is 9.34. The summed E-state index contributed by atoms with van der Waals surface area (Å²) < 4.78 is 5.89. The van der Waals surface area contributed by atoms with Crippen molar-refractivity contribution in [3.8, 4) is 0 Å². The molecule has 0 saturated heterocycles. The van der Waals surface area contributed by atoms with Gasteiger partial charge >= 0.3 is 5.97 Å². The van der Waals surface area contributed by atoms with Crippen LogP contribution in [0.15, 0.2) is 53.0 Å². The second-order valence-corrected chi connectivity index (χ2v) is 7.21. The van der Waals surface area contributed by atoms with Gasteiger partial charge in [-0.15, -0.1) is 0 Å². The van der Waals surface area contributed by atoms with Gasteiger partial charge in [-0.1, -0.05) is 34.1 Å². The summed E-state index contributed by atoms with van der Waals surface area (Å²) in [4.78, 5) is 38.0. The highest BCUT2D eigenvalue weighted by molar-refractivity contribution is 9.10. The maximum Gasteiger partial charge on any atom is 0.325 e. The van der Waals surface area contributed by atoms with E-state index in [-0.39, 0.29) is 31.0 Å². The number of nitrogens with one attached hydrogen (secondary N) is 1. The van der Waals surface area contributed by atoms with Crippen LogP contribution in [0.4, 0.5) is 5.69 Å². The Morgan fingerprint density at radius 2 is 1.85 bits per heavy atom. The smallest absolute Gasteiger partial charge is 0.325 e. The zero-order valence-electron chi connectivity index (χ0n) is 14.8. The first-order valence-electron chi connectivity index (χ1n) is 8.55. The number of carbonyl (C=O) groups excluding carboxylic acids is 3. The van der Waals surface area contributed by atoms with Crippen molar-refractivity contribution in [3.63, 3.8) is 0 Å². The lowest BCUT2D eigenvalue weighted by Gasteiger charge is -2.22. The molecular formula is C20H19BrN2O4. The molecule has 1 aliphatic heterocycles. The molecule has 7 heteroatoms. The molecule has 140 valence electrons. The van der Waals surface area contributed by atoms with Crippen molar-refractivity contribution in [2.45, 2.75) is 19.4 Å². The van der Waals surface area contributed by atoms with E-state index in [1.165, 1.54) is 0 Å². The lowest BCUT2D eigenvalue weighted by atomic mass is 10.1. The van der Waals surface area contributed by atoms with Gasteiger partial charge in [0.2, 0.25) is 0 Å². The number of ether oxygens (including phenoxy) is 1. The van der Waals surface area contributed by atoms with E-state index < -0.39 is 5.97 Å². The summed E-state index contributed by atoms with van der Waals surface area (Å²) >= 11 is 3.29. The van der Waals surface area contributed by atoms with Crippen molar-refractivity contribution in [1.29, 1.82) is 0 Å². The van der Waals surface area contributed by atoms with Gasteiger partial charge in [0.1, 0.15) is 6.54 Å². The predicted octanol–water partition coefficient (Wildman–Crippen LogP) is 2.70. The molecule has 0 bridgehead atoms. The number of benzene rings is 2. The lowest BCUT2D eigenvalue weighted by molar-refractivity contribution is -0.146. The molecule has 2 aromatic rings. The Morgan fingerprint density at radius 3 is 2.59 bits per heavy atom. The first kappa shape index (κ1) is 19.1. The zero-order valence-corrected chi connectivity index (χ0v) is 16.4. The summed E-state index contributed by atoms with van der Waals surface area (Å²) in [5.74, 6) is -1.32. The molecule has 1 heterocycles. The Labute approximate surface area is 165 Å². The minimum atomic E-state index is -0.658. The number of esters is 1. The van der Waals surface area contributed by atoms with Crippen molar-refractivity contribution in [1.82, 2.24) is 5.32 Å². The number of carbonyl (C=O) groups is 3. The quantitative estimate of drug-likeness (QED) is 0.739. The van der Waals surface area contributed by atoms with Crippen LogP contribution in [0.2, 0.25) is 0 Å². The first-order chi connectivity index (χ1) is 13.0. The summed E-state index contributed by atoms with van der Waals surface area (Å²) in [6.45, 7) is 1.30. The van der Waals surface area contributed by atoms with Crippen LogP contribution in [-0.4, -0.2) is 37.0 Å². The molecule has 27 heavy (non-hydrogen) atoms. The third kappa shape index (κ3) is 4.54. The molecule has 0 saturated carbocycles. The van der Waals surface area contributed by atoms with Gasteiger partial charge in [-0.25, -0.2) is 0 Å². The van der Waals surface area contributed by atoms with Gasteiger partial charge in [-0.05, 0) is 49.2 Å². The van der Waals surface area contributed by atoms with Crippen molar-refractivity contribution in [2.24, 2.45) is 0 Å². The Bertz CT molecular complexity index is 867. The minimum Gasteiger partial charge on any atom is -0.454 e. The number of rotatable bonds is 5. The number of fused-ring (bicyclic) bond motifs is 1. The van der Waals surface area contributed by atoms with Crippen molar-refractivity contribution >= 4 is 39.4 Å². The summed E-state index contributed by atoms with van der Waals surface area (Å²) in [6.07, 6.45) is 0.777. The highest BCUT2D eigenvalue weighted by Gasteiger charge is 2.30. The average Bonchev–Trinajstić information content (AvgIpc) is 3.00. The second-order valence-electron chi connectivity index (χ2n) is 6.30. The standard InChI is InChI=1S/C20H19BrN2O4/c1-13-10-15-4-2-3-5-17(15)23(13)18(24)12-27-19(25)11-22-20(26)14-6-8-16(21)9-7-14/h2-9,13H,10-12H2,1H3,(H,22,26)/t13-/m1/s1. The number of hydrogen-bond acceptors (Lipinski definition) is 4. The summed E-state index contributed by atoms with van der Waals surface area (Å²) in [5, 5.41) is 2.48. The molecular weight excluding hydrogens is 412 g/mol. The molecule has 1 N–H and O–H groups in total. The van der Waals surface area contributed by atoms with Crippen LogP contribution in [0.25, 0.3) is 0 Å². The van der Waals surface area contributed by atoms with E-state index in [2.05, 4.69) is 21.2 Å². The monoisotopic (exact) mass is 430 g/mol. The van der Waals surface area contributed by atoms with Crippen LogP contribution in [0.1, 0.15) is 22.8 Å². The Kier molecular flexibility index (Phi) is 5.91. The van der Waals surface area contributed by atoms with Gasteiger partial charge in [0.15, 0.2) is 6.61 Å². The molecule has 0 aromatic heterocycles. The van der Waals surface area contributed by atoms with E-state index in [1.54, 1.807) is 29.2 Å². The third-order valence-corrected chi connectivity index (χ3v) is 4.86. The number of amides is 2. The molecule has 0 radical (unpaired) electrons. The Hall–Kier alpha value is -2.67. The fourth-order valence-electron chi connectivity index (χ4n) is 3.06. The van der Waals surface area contributed by atoms with E-state index in [0.29, 0.717) is 5.56 Å². The Balaban J connectivity index is 1.48. The highest BCUT2D eigenvalue weighted by Crippen LogP contribution is 2.31. The molecule has 2 aromatic carbocycles. The average molecular weight is 431 g/mol. The summed E-state index contributed by atoms with van der Waals surface area (Å²) in [7, 11) is 0. The van der Waals surface area contributed by atoms with Crippen LogP contribution in [-0.2, 0) is 20.7 Å². The third-order valence-electron chi connectivity index (χ3n) is 4.33. The van der Waals surface area contributed by atoms with Gasteiger partial charge < -0.3 is 15.0 Å². The Morgan fingerprint density at radius 1 is 1.15 bits per heavy atom. The molecule has 0 aliphatic carbocycles. The molecule has 0 unspecified atom stereocenters.